The first kappa shape index (κ1) is 19.2. The highest BCUT2D eigenvalue weighted by molar-refractivity contribution is 7.89. The molecule has 0 N–H and O–H groups in total. The molecule has 1 aliphatic rings. The van der Waals surface area contributed by atoms with Gasteiger partial charge in [-0.3, -0.25) is 0 Å². The van der Waals surface area contributed by atoms with E-state index in [4.69, 9.17) is 11.6 Å². The Morgan fingerprint density at radius 3 is 1.77 bits per heavy atom. The minimum absolute atomic E-state index is 0.0134. The van der Waals surface area contributed by atoms with Crippen molar-refractivity contribution in [1.82, 2.24) is 8.61 Å². The Labute approximate surface area is 156 Å². The molecule has 0 unspecified atom stereocenters. The van der Waals surface area contributed by atoms with Gasteiger partial charge in [0.25, 0.3) is 0 Å². The van der Waals surface area contributed by atoms with Crippen LogP contribution in [0.1, 0.15) is 0 Å². The van der Waals surface area contributed by atoms with Crippen LogP contribution < -0.4 is 0 Å². The minimum Gasteiger partial charge on any atom is -0.207 e. The predicted molar refractivity (Wildman–Crippen MR) is 95.4 cm³/mol. The minimum atomic E-state index is -3.80. The zero-order valence-corrected chi connectivity index (χ0v) is 15.9. The van der Waals surface area contributed by atoms with Gasteiger partial charge in [-0.2, -0.15) is 8.61 Å². The first-order chi connectivity index (χ1) is 12.2. The second-order valence-corrected chi connectivity index (χ2v) is 10.0. The first-order valence-corrected chi connectivity index (χ1v) is 11.0. The summed E-state index contributed by atoms with van der Waals surface area (Å²) in [7, 11) is -7.54. The number of hydrogen-bond donors (Lipinski definition) is 0. The molecule has 10 heteroatoms. The summed E-state index contributed by atoms with van der Waals surface area (Å²) in [5, 5.41) is 0.309. The van der Waals surface area contributed by atoms with Crippen LogP contribution in [0.5, 0.6) is 0 Å². The van der Waals surface area contributed by atoms with Gasteiger partial charge < -0.3 is 0 Å². The van der Waals surface area contributed by atoms with E-state index >= 15 is 0 Å². The molecule has 0 aromatic heterocycles. The van der Waals surface area contributed by atoms with Crippen molar-refractivity contribution in [2.45, 2.75) is 9.79 Å². The third-order valence-corrected chi connectivity index (χ3v) is 8.13. The van der Waals surface area contributed by atoms with Crippen molar-refractivity contribution in [3.63, 3.8) is 0 Å². The van der Waals surface area contributed by atoms with Crippen molar-refractivity contribution in [1.29, 1.82) is 0 Å². The zero-order chi connectivity index (χ0) is 18.9. The Bertz CT molecular complexity index is 1000. The number of benzene rings is 2. The first-order valence-electron chi connectivity index (χ1n) is 7.73. The molecule has 2 aromatic carbocycles. The molecule has 6 nitrogen and oxygen atoms in total. The van der Waals surface area contributed by atoms with Gasteiger partial charge in [0.1, 0.15) is 5.82 Å². The van der Waals surface area contributed by atoms with E-state index in [-0.39, 0.29) is 36.0 Å². The number of nitrogens with zero attached hydrogens (tertiary/aromatic N) is 2. The molecule has 0 saturated carbocycles. The van der Waals surface area contributed by atoms with Gasteiger partial charge in [-0.25, -0.2) is 21.2 Å². The fourth-order valence-electron chi connectivity index (χ4n) is 2.68. The van der Waals surface area contributed by atoms with E-state index in [1.165, 1.54) is 32.9 Å². The summed E-state index contributed by atoms with van der Waals surface area (Å²) >= 11 is 5.85. The Kier molecular flexibility index (Phi) is 5.36. The maximum Gasteiger partial charge on any atom is 0.243 e. The summed E-state index contributed by atoms with van der Waals surface area (Å²) in [6.07, 6.45) is 0. The normalized spacial score (nSPS) is 17.3. The zero-order valence-electron chi connectivity index (χ0n) is 13.5. The van der Waals surface area contributed by atoms with Gasteiger partial charge in [-0.1, -0.05) is 17.7 Å². The maximum absolute atomic E-state index is 13.0. The summed E-state index contributed by atoms with van der Waals surface area (Å²) in [5.74, 6) is -0.526. The van der Waals surface area contributed by atoms with Gasteiger partial charge in [0, 0.05) is 31.2 Å². The monoisotopic (exact) mass is 418 g/mol. The van der Waals surface area contributed by atoms with Gasteiger partial charge >= 0.3 is 0 Å². The van der Waals surface area contributed by atoms with Gasteiger partial charge in [0.15, 0.2) is 0 Å². The van der Waals surface area contributed by atoms with Crippen molar-refractivity contribution >= 4 is 31.6 Å². The Morgan fingerprint density at radius 2 is 1.27 bits per heavy atom. The van der Waals surface area contributed by atoms with Crippen LogP contribution in [-0.2, 0) is 20.0 Å². The molecule has 0 atom stereocenters. The van der Waals surface area contributed by atoms with Gasteiger partial charge in [-0.15, -0.1) is 0 Å². The summed E-state index contributed by atoms with van der Waals surface area (Å²) in [5.41, 5.74) is 0. The molecule has 0 bridgehead atoms. The topological polar surface area (TPSA) is 74.8 Å². The van der Waals surface area contributed by atoms with E-state index in [2.05, 4.69) is 0 Å². The average Bonchev–Trinajstić information content (AvgIpc) is 2.62. The van der Waals surface area contributed by atoms with Gasteiger partial charge in [-0.05, 0) is 42.5 Å². The van der Waals surface area contributed by atoms with Crippen molar-refractivity contribution in [2.24, 2.45) is 0 Å². The smallest absolute Gasteiger partial charge is 0.207 e. The molecule has 1 heterocycles. The van der Waals surface area contributed by atoms with Crippen molar-refractivity contribution < 1.29 is 21.2 Å². The van der Waals surface area contributed by atoms with Crippen LogP contribution in [0.4, 0.5) is 4.39 Å². The highest BCUT2D eigenvalue weighted by atomic mass is 35.5. The van der Waals surface area contributed by atoms with E-state index < -0.39 is 25.9 Å². The van der Waals surface area contributed by atoms with Crippen LogP contribution in [0.2, 0.25) is 5.02 Å². The van der Waals surface area contributed by atoms with Crippen LogP contribution >= 0.6 is 11.6 Å². The van der Waals surface area contributed by atoms with E-state index in [0.717, 1.165) is 12.1 Å². The van der Waals surface area contributed by atoms with E-state index in [0.29, 0.717) is 5.02 Å². The molecule has 0 radical (unpaired) electrons. The van der Waals surface area contributed by atoms with Crippen molar-refractivity contribution in [3.8, 4) is 0 Å². The highest BCUT2D eigenvalue weighted by Gasteiger charge is 2.33. The fourth-order valence-corrected chi connectivity index (χ4v) is 5.83. The summed E-state index contributed by atoms with van der Waals surface area (Å²) in [4.78, 5) is 0.0462. The second kappa shape index (κ2) is 7.24. The predicted octanol–water partition coefficient (Wildman–Crippen LogP) is 2.17. The summed E-state index contributed by atoms with van der Waals surface area (Å²) in [6, 6.07) is 10.5. The molecule has 1 saturated heterocycles. The fraction of sp³-hybridized carbons (Fsp3) is 0.250. The molecule has 0 amide bonds. The molecule has 1 fully saturated rings. The lowest BCUT2D eigenvalue weighted by molar-refractivity contribution is 0.273. The van der Waals surface area contributed by atoms with Crippen LogP contribution in [-0.4, -0.2) is 51.6 Å². The number of piperazine rings is 1. The largest absolute Gasteiger partial charge is 0.243 e. The Balaban J connectivity index is 1.75. The summed E-state index contributed by atoms with van der Waals surface area (Å²) in [6.45, 7) is 0.0730. The molecule has 1 aliphatic heterocycles. The molecular weight excluding hydrogens is 403 g/mol. The molecule has 0 aliphatic carbocycles. The van der Waals surface area contributed by atoms with Crippen LogP contribution in [0, 0.1) is 5.82 Å². The Morgan fingerprint density at radius 1 is 0.769 bits per heavy atom. The SMILES string of the molecule is O=S(=O)(c1ccc(F)cc1)N1CCN(S(=O)(=O)c2cccc(Cl)c2)CC1. The molecule has 140 valence electrons. The van der Waals surface area contributed by atoms with Crippen LogP contribution in [0.15, 0.2) is 58.3 Å². The van der Waals surface area contributed by atoms with E-state index in [1.54, 1.807) is 12.1 Å². The number of rotatable bonds is 4. The Hall–Kier alpha value is -1.52. The third kappa shape index (κ3) is 3.77. The second-order valence-electron chi connectivity index (χ2n) is 5.72. The van der Waals surface area contributed by atoms with Crippen LogP contribution in [0.3, 0.4) is 0 Å². The van der Waals surface area contributed by atoms with E-state index in [1.807, 2.05) is 0 Å². The highest BCUT2D eigenvalue weighted by Crippen LogP contribution is 2.23. The van der Waals surface area contributed by atoms with Gasteiger partial charge in [0.2, 0.25) is 20.0 Å². The molecule has 2 aromatic rings. The number of halogens is 2. The van der Waals surface area contributed by atoms with Crippen molar-refractivity contribution in [2.75, 3.05) is 26.2 Å². The summed E-state index contributed by atoms with van der Waals surface area (Å²) < 4.78 is 65.9. The number of hydrogen-bond acceptors (Lipinski definition) is 4. The maximum atomic E-state index is 13.0. The van der Waals surface area contributed by atoms with Crippen molar-refractivity contribution in [3.05, 3.63) is 59.4 Å². The quantitative estimate of drug-likeness (QED) is 0.762. The standard InChI is InChI=1S/C16H16ClFN2O4S2/c17-13-2-1-3-16(12-13)26(23,24)20-10-8-19(9-11-20)25(21,22)15-6-4-14(18)5-7-15/h1-7,12H,8-11H2. The van der Waals surface area contributed by atoms with Gasteiger partial charge in [0.05, 0.1) is 9.79 Å². The average molecular weight is 419 g/mol. The molecule has 3 rings (SSSR count). The van der Waals surface area contributed by atoms with Crippen LogP contribution in [0.25, 0.3) is 0 Å². The number of sulfonamides is 2. The van der Waals surface area contributed by atoms with E-state index in [9.17, 15) is 21.2 Å². The molecule has 0 spiro atoms. The lowest BCUT2D eigenvalue weighted by Crippen LogP contribution is -2.50. The lowest BCUT2D eigenvalue weighted by atomic mass is 10.4. The molecular formula is C16H16ClFN2O4S2. The lowest BCUT2D eigenvalue weighted by Gasteiger charge is -2.33. The third-order valence-electron chi connectivity index (χ3n) is 4.08. The molecule has 26 heavy (non-hydrogen) atoms.